The average Bonchev–Trinajstić information content (AvgIpc) is 2.70. The molecule has 0 atom stereocenters. The van der Waals surface area contributed by atoms with Crippen LogP contribution in [0.4, 0.5) is 8.78 Å². The minimum absolute atomic E-state index is 0.136. The molecule has 0 aliphatic carbocycles. The largest absolute Gasteiger partial charge is 0.383 e. The van der Waals surface area contributed by atoms with Gasteiger partial charge in [0.2, 0.25) is 5.91 Å². The summed E-state index contributed by atoms with van der Waals surface area (Å²) in [7, 11) is 1.55. The maximum absolute atomic E-state index is 14.0. The lowest BCUT2D eigenvalue weighted by atomic mass is 10.1. The predicted molar refractivity (Wildman–Crippen MR) is 80.1 cm³/mol. The SMILES string of the molecule is COCCN1CCCN(C(=O)c2cc(F)c(C)cc2F)CC1=O. The summed E-state index contributed by atoms with van der Waals surface area (Å²) in [6.07, 6.45) is 0.581. The number of ether oxygens (including phenoxy) is 1. The van der Waals surface area contributed by atoms with Crippen molar-refractivity contribution in [1.82, 2.24) is 9.80 Å². The zero-order valence-electron chi connectivity index (χ0n) is 13.3. The van der Waals surface area contributed by atoms with Crippen molar-refractivity contribution in [2.75, 3.05) is 39.9 Å². The quantitative estimate of drug-likeness (QED) is 0.844. The van der Waals surface area contributed by atoms with Gasteiger partial charge in [-0.1, -0.05) is 0 Å². The van der Waals surface area contributed by atoms with Crippen LogP contribution in [0.3, 0.4) is 0 Å². The standard InChI is InChI=1S/C16H20F2N2O3/c1-11-8-14(18)12(9-13(11)17)16(22)20-5-3-4-19(6-7-23-2)15(21)10-20/h8-9H,3-7,10H2,1-2H3. The molecule has 0 radical (unpaired) electrons. The summed E-state index contributed by atoms with van der Waals surface area (Å²) in [6.45, 7) is 2.98. The minimum atomic E-state index is -0.776. The fraction of sp³-hybridized carbons (Fsp3) is 0.500. The third-order valence-electron chi connectivity index (χ3n) is 3.87. The van der Waals surface area contributed by atoms with Gasteiger partial charge in [-0.15, -0.1) is 0 Å². The number of hydrogen-bond donors (Lipinski definition) is 0. The van der Waals surface area contributed by atoms with Crippen LogP contribution < -0.4 is 0 Å². The molecule has 1 saturated heterocycles. The molecule has 2 rings (SSSR count). The van der Waals surface area contributed by atoms with Gasteiger partial charge in [0, 0.05) is 26.7 Å². The molecule has 0 spiro atoms. The highest BCUT2D eigenvalue weighted by Gasteiger charge is 2.27. The molecule has 1 aliphatic rings. The topological polar surface area (TPSA) is 49.9 Å². The number of methoxy groups -OCH3 is 1. The molecule has 1 fully saturated rings. The molecule has 7 heteroatoms. The monoisotopic (exact) mass is 326 g/mol. The van der Waals surface area contributed by atoms with E-state index in [2.05, 4.69) is 0 Å². The van der Waals surface area contributed by atoms with Gasteiger partial charge in [-0.25, -0.2) is 8.78 Å². The summed E-state index contributed by atoms with van der Waals surface area (Å²) in [5.41, 5.74) is -0.206. The summed E-state index contributed by atoms with van der Waals surface area (Å²) in [5, 5.41) is 0. The van der Waals surface area contributed by atoms with Gasteiger partial charge >= 0.3 is 0 Å². The Morgan fingerprint density at radius 3 is 2.70 bits per heavy atom. The van der Waals surface area contributed by atoms with E-state index in [1.54, 1.807) is 12.0 Å². The molecule has 2 amide bonds. The first-order chi connectivity index (χ1) is 10.9. The molecule has 0 N–H and O–H groups in total. The molecular weight excluding hydrogens is 306 g/mol. The van der Waals surface area contributed by atoms with Crippen molar-refractivity contribution in [1.29, 1.82) is 0 Å². The molecule has 1 aromatic rings. The summed E-state index contributed by atoms with van der Waals surface area (Å²) >= 11 is 0. The lowest BCUT2D eigenvalue weighted by Gasteiger charge is -2.22. The molecule has 1 heterocycles. The number of aryl methyl sites for hydroxylation is 1. The molecule has 1 aromatic carbocycles. The zero-order chi connectivity index (χ0) is 17.0. The zero-order valence-corrected chi connectivity index (χ0v) is 13.3. The Balaban J connectivity index is 2.14. The number of carbonyl (C=O) groups is 2. The van der Waals surface area contributed by atoms with Crippen LogP contribution in [0.2, 0.25) is 0 Å². The van der Waals surface area contributed by atoms with Gasteiger partial charge in [-0.05, 0) is 31.0 Å². The molecule has 23 heavy (non-hydrogen) atoms. The normalized spacial score (nSPS) is 15.7. The van der Waals surface area contributed by atoms with E-state index >= 15 is 0 Å². The first kappa shape index (κ1) is 17.3. The van der Waals surface area contributed by atoms with Gasteiger partial charge in [0.25, 0.3) is 5.91 Å². The smallest absolute Gasteiger partial charge is 0.257 e. The highest BCUT2D eigenvalue weighted by Crippen LogP contribution is 2.17. The van der Waals surface area contributed by atoms with Crippen LogP contribution in [0, 0.1) is 18.6 Å². The van der Waals surface area contributed by atoms with E-state index in [-0.39, 0.29) is 23.6 Å². The summed E-state index contributed by atoms with van der Waals surface area (Å²) in [4.78, 5) is 27.5. The third-order valence-corrected chi connectivity index (χ3v) is 3.87. The van der Waals surface area contributed by atoms with Crippen molar-refractivity contribution in [2.24, 2.45) is 0 Å². The van der Waals surface area contributed by atoms with Crippen LogP contribution in [-0.4, -0.2) is 61.5 Å². The van der Waals surface area contributed by atoms with Crippen LogP contribution in [0.25, 0.3) is 0 Å². The highest BCUT2D eigenvalue weighted by molar-refractivity contribution is 5.97. The van der Waals surface area contributed by atoms with E-state index in [0.29, 0.717) is 32.7 Å². The molecular formula is C16H20F2N2O3. The Bertz CT molecular complexity index is 607. The molecule has 0 unspecified atom stereocenters. The maximum atomic E-state index is 14.0. The van der Waals surface area contributed by atoms with Gasteiger partial charge in [-0.3, -0.25) is 9.59 Å². The second kappa shape index (κ2) is 7.50. The Morgan fingerprint density at radius 2 is 2.00 bits per heavy atom. The highest BCUT2D eigenvalue weighted by atomic mass is 19.1. The van der Waals surface area contributed by atoms with E-state index < -0.39 is 17.5 Å². The minimum Gasteiger partial charge on any atom is -0.383 e. The van der Waals surface area contributed by atoms with Gasteiger partial charge < -0.3 is 14.5 Å². The predicted octanol–water partition coefficient (Wildman–Crippen LogP) is 1.59. The summed E-state index contributed by atoms with van der Waals surface area (Å²) in [5.74, 6) is -2.30. The van der Waals surface area contributed by atoms with Gasteiger partial charge in [-0.2, -0.15) is 0 Å². The lowest BCUT2D eigenvalue weighted by molar-refractivity contribution is -0.131. The maximum Gasteiger partial charge on any atom is 0.257 e. The van der Waals surface area contributed by atoms with Crippen LogP contribution in [0.5, 0.6) is 0 Å². The molecule has 5 nitrogen and oxygen atoms in total. The average molecular weight is 326 g/mol. The number of benzene rings is 1. The fourth-order valence-electron chi connectivity index (χ4n) is 2.51. The summed E-state index contributed by atoms with van der Waals surface area (Å²) in [6, 6.07) is 1.89. The van der Waals surface area contributed by atoms with Crippen LogP contribution in [0.1, 0.15) is 22.3 Å². The molecule has 126 valence electrons. The van der Waals surface area contributed by atoms with Gasteiger partial charge in [0.05, 0.1) is 12.2 Å². The van der Waals surface area contributed by atoms with Crippen LogP contribution >= 0.6 is 0 Å². The Hall–Kier alpha value is -2.02. The lowest BCUT2D eigenvalue weighted by Crippen LogP contribution is -2.40. The number of rotatable bonds is 4. The van der Waals surface area contributed by atoms with E-state index in [4.69, 9.17) is 4.74 Å². The molecule has 1 aliphatic heterocycles. The Labute approximate surface area is 133 Å². The van der Waals surface area contributed by atoms with E-state index in [1.807, 2.05) is 0 Å². The second-order valence-electron chi connectivity index (χ2n) is 5.54. The van der Waals surface area contributed by atoms with Crippen molar-refractivity contribution < 1.29 is 23.1 Å². The molecule has 0 saturated carbocycles. The van der Waals surface area contributed by atoms with Gasteiger partial charge in [0.1, 0.15) is 18.2 Å². The number of nitrogens with zero attached hydrogens (tertiary/aromatic N) is 2. The Kier molecular flexibility index (Phi) is 5.65. The van der Waals surface area contributed by atoms with E-state index in [1.165, 1.54) is 11.8 Å². The second-order valence-corrected chi connectivity index (χ2v) is 5.54. The number of hydrogen-bond acceptors (Lipinski definition) is 3. The van der Waals surface area contributed by atoms with Gasteiger partial charge in [0.15, 0.2) is 0 Å². The van der Waals surface area contributed by atoms with E-state index in [9.17, 15) is 18.4 Å². The first-order valence-electron chi connectivity index (χ1n) is 7.45. The van der Waals surface area contributed by atoms with Crippen molar-refractivity contribution in [3.8, 4) is 0 Å². The first-order valence-corrected chi connectivity index (χ1v) is 7.45. The molecule has 0 aromatic heterocycles. The number of carbonyl (C=O) groups excluding carboxylic acids is 2. The van der Waals surface area contributed by atoms with Crippen molar-refractivity contribution in [2.45, 2.75) is 13.3 Å². The van der Waals surface area contributed by atoms with Crippen LogP contribution in [0.15, 0.2) is 12.1 Å². The van der Waals surface area contributed by atoms with Crippen LogP contribution in [-0.2, 0) is 9.53 Å². The number of halogens is 2. The number of amides is 2. The third kappa shape index (κ3) is 4.04. The molecule has 0 bridgehead atoms. The summed E-state index contributed by atoms with van der Waals surface area (Å²) < 4.78 is 32.5. The van der Waals surface area contributed by atoms with Crippen molar-refractivity contribution in [3.05, 3.63) is 34.9 Å². The van der Waals surface area contributed by atoms with Crippen molar-refractivity contribution >= 4 is 11.8 Å². The Morgan fingerprint density at radius 1 is 1.26 bits per heavy atom. The fourth-order valence-corrected chi connectivity index (χ4v) is 2.51. The van der Waals surface area contributed by atoms with E-state index in [0.717, 1.165) is 12.1 Å². The van der Waals surface area contributed by atoms with Crippen molar-refractivity contribution in [3.63, 3.8) is 0 Å².